The van der Waals surface area contributed by atoms with Gasteiger partial charge in [-0.2, -0.15) is 0 Å². The largest absolute Gasteiger partial charge is 0.573 e. The van der Waals surface area contributed by atoms with Crippen LogP contribution in [0.2, 0.25) is 0 Å². The lowest BCUT2D eigenvalue weighted by atomic mass is 10.2. The average molecular weight is 339 g/mol. The molecule has 1 N–H and O–H groups in total. The number of anilines is 1. The third-order valence-corrected chi connectivity index (χ3v) is 3.06. The Hall–Kier alpha value is -2.70. The second kappa shape index (κ2) is 7.25. The number of ether oxygens (including phenoxy) is 2. The first kappa shape index (κ1) is 17.7. The monoisotopic (exact) mass is 339 g/mol. The third kappa shape index (κ3) is 5.49. The fourth-order valence-corrected chi connectivity index (χ4v) is 1.86. The molecule has 1 atom stereocenters. The normalized spacial score (nSPS) is 12.4. The molecule has 0 saturated carbocycles. The number of benzene rings is 2. The maximum absolute atomic E-state index is 12.1. The minimum absolute atomic E-state index is 0.342. The van der Waals surface area contributed by atoms with E-state index in [0.717, 1.165) is 17.7 Å². The van der Waals surface area contributed by atoms with Gasteiger partial charge in [-0.3, -0.25) is 4.79 Å². The third-order valence-electron chi connectivity index (χ3n) is 3.06. The zero-order valence-electron chi connectivity index (χ0n) is 13.1. The summed E-state index contributed by atoms with van der Waals surface area (Å²) in [5.41, 5.74) is 1.41. The number of rotatable bonds is 5. The molecule has 0 unspecified atom stereocenters. The van der Waals surface area contributed by atoms with Crippen molar-refractivity contribution in [2.45, 2.75) is 26.3 Å². The maximum atomic E-state index is 12.1. The summed E-state index contributed by atoms with van der Waals surface area (Å²) in [6.45, 7) is 3.52. The van der Waals surface area contributed by atoms with Crippen LogP contribution in [0.5, 0.6) is 11.5 Å². The van der Waals surface area contributed by atoms with Gasteiger partial charge in [0.05, 0.1) is 0 Å². The summed E-state index contributed by atoms with van der Waals surface area (Å²) in [4.78, 5) is 12.1. The molecule has 0 fully saturated rings. The Bertz CT molecular complexity index is 682. The SMILES string of the molecule is Cc1ccc(O[C@@H](C)C(=O)Nc2ccc(OC(F)(F)F)cc2)cc1. The molecular formula is C17H16F3NO3. The maximum Gasteiger partial charge on any atom is 0.573 e. The Kier molecular flexibility index (Phi) is 5.33. The lowest BCUT2D eigenvalue weighted by molar-refractivity contribution is -0.274. The van der Waals surface area contributed by atoms with E-state index in [1.54, 1.807) is 19.1 Å². The van der Waals surface area contributed by atoms with Crippen molar-refractivity contribution >= 4 is 11.6 Å². The van der Waals surface area contributed by atoms with Gasteiger partial charge in [-0.15, -0.1) is 13.2 Å². The summed E-state index contributed by atoms with van der Waals surface area (Å²) in [6.07, 6.45) is -5.51. The highest BCUT2D eigenvalue weighted by Crippen LogP contribution is 2.24. The highest BCUT2D eigenvalue weighted by atomic mass is 19.4. The average Bonchev–Trinajstić information content (AvgIpc) is 2.50. The minimum atomic E-state index is -4.75. The molecule has 0 aliphatic carbocycles. The predicted molar refractivity (Wildman–Crippen MR) is 83.0 cm³/mol. The van der Waals surface area contributed by atoms with Crippen molar-refractivity contribution in [3.8, 4) is 11.5 Å². The molecule has 24 heavy (non-hydrogen) atoms. The molecule has 2 rings (SSSR count). The van der Waals surface area contributed by atoms with Gasteiger partial charge in [-0.05, 0) is 50.2 Å². The van der Waals surface area contributed by atoms with Crippen LogP contribution in [0.1, 0.15) is 12.5 Å². The van der Waals surface area contributed by atoms with E-state index in [9.17, 15) is 18.0 Å². The Labute approximate surface area is 137 Å². The van der Waals surface area contributed by atoms with Gasteiger partial charge in [-0.1, -0.05) is 17.7 Å². The van der Waals surface area contributed by atoms with E-state index >= 15 is 0 Å². The molecule has 2 aromatic carbocycles. The fourth-order valence-electron chi connectivity index (χ4n) is 1.86. The van der Waals surface area contributed by atoms with E-state index in [0.29, 0.717) is 11.4 Å². The van der Waals surface area contributed by atoms with Crippen molar-refractivity contribution in [3.63, 3.8) is 0 Å². The topological polar surface area (TPSA) is 47.6 Å². The summed E-state index contributed by atoms with van der Waals surface area (Å²) < 4.78 is 45.5. The van der Waals surface area contributed by atoms with Crippen LogP contribution in [0.4, 0.5) is 18.9 Å². The molecule has 0 heterocycles. The Balaban J connectivity index is 1.92. The predicted octanol–water partition coefficient (Wildman–Crippen LogP) is 4.30. The zero-order valence-corrected chi connectivity index (χ0v) is 13.1. The molecule has 0 aliphatic rings. The van der Waals surface area contributed by atoms with Crippen molar-refractivity contribution < 1.29 is 27.4 Å². The van der Waals surface area contributed by atoms with Gasteiger partial charge in [0.2, 0.25) is 0 Å². The van der Waals surface area contributed by atoms with Crippen LogP contribution in [-0.4, -0.2) is 18.4 Å². The molecule has 0 aliphatic heterocycles. The number of nitrogens with one attached hydrogen (secondary N) is 1. The number of aryl methyl sites for hydroxylation is 1. The van der Waals surface area contributed by atoms with E-state index in [1.165, 1.54) is 12.1 Å². The number of halogens is 3. The van der Waals surface area contributed by atoms with Gasteiger partial charge in [0.15, 0.2) is 6.10 Å². The molecule has 7 heteroatoms. The Morgan fingerprint density at radius 1 is 1.00 bits per heavy atom. The van der Waals surface area contributed by atoms with Crippen molar-refractivity contribution in [1.82, 2.24) is 0 Å². The standard InChI is InChI=1S/C17H16F3NO3/c1-11-3-7-14(8-4-11)23-12(2)16(22)21-13-5-9-15(10-6-13)24-17(18,19)20/h3-10,12H,1-2H3,(H,21,22)/t12-/m0/s1. The first-order valence-electron chi connectivity index (χ1n) is 7.13. The van der Waals surface area contributed by atoms with Crippen LogP contribution in [-0.2, 0) is 4.79 Å². The van der Waals surface area contributed by atoms with E-state index in [1.807, 2.05) is 19.1 Å². The molecule has 0 radical (unpaired) electrons. The van der Waals surface area contributed by atoms with E-state index in [2.05, 4.69) is 10.1 Å². The van der Waals surface area contributed by atoms with Crippen LogP contribution in [0.3, 0.4) is 0 Å². The molecular weight excluding hydrogens is 323 g/mol. The van der Waals surface area contributed by atoms with Gasteiger partial charge < -0.3 is 14.8 Å². The first-order valence-corrected chi connectivity index (χ1v) is 7.13. The zero-order chi connectivity index (χ0) is 17.7. The molecule has 128 valence electrons. The number of hydrogen-bond donors (Lipinski definition) is 1. The summed E-state index contributed by atoms with van der Waals surface area (Å²) >= 11 is 0. The lowest BCUT2D eigenvalue weighted by Crippen LogP contribution is -2.30. The molecule has 1 amide bonds. The van der Waals surface area contributed by atoms with Crippen molar-refractivity contribution in [3.05, 3.63) is 54.1 Å². The smallest absolute Gasteiger partial charge is 0.481 e. The van der Waals surface area contributed by atoms with Gasteiger partial charge in [0, 0.05) is 5.69 Å². The van der Waals surface area contributed by atoms with E-state index < -0.39 is 18.4 Å². The van der Waals surface area contributed by atoms with Crippen molar-refractivity contribution in [2.75, 3.05) is 5.32 Å². The number of carbonyl (C=O) groups excluding carboxylic acids is 1. The van der Waals surface area contributed by atoms with Gasteiger partial charge in [0.1, 0.15) is 11.5 Å². The summed E-state index contributed by atoms with van der Waals surface area (Å²) in [6, 6.07) is 12.1. The molecule has 0 spiro atoms. The number of alkyl halides is 3. The highest BCUT2D eigenvalue weighted by molar-refractivity contribution is 5.94. The van der Waals surface area contributed by atoms with Crippen LogP contribution in [0.25, 0.3) is 0 Å². The van der Waals surface area contributed by atoms with Gasteiger partial charge in [-0.25, -0.2) is 0 Å². The highest BCUT2D eigenvalue weighted by Gasteiger charge is 2.31. The van der Waals surface area contributed by atoms with Crippen LogP contribution in [0, 0.1) is 6.92 Å². The fraction of sp³-hybridized carbons (Fsp3) is 0.235. The second-order valence-corrected chi connectivity index (χ2v) is 5.13. The number of hydrogen-bond acceptors (Lipinski definition) is 3. The summed E-state index contributed by atoms with van der Waals surface area (Å²) in [7, 11) is 0. The van der Waals surface area contributed by atoms with Gasteiger partial charge in [0.25, 0.3) is 5.91 Å². The van der Waals surface area contributed by atoms with E-state index in [-0.39, 0.29) is 5.75 Å². The minimum Gasteiger partial charge on any atom is -0.481 e. The van der Waals surface area contributed by atoms with E-state index in [4.69, 9.17) is 4.74 Å². The quantitative estimate of drug-likeness (QED) is 0.883. The van der Waals surface area contributed by atoms with Crippen LogP contribution >= 0.6 is 0 Å². The lowest BCUT2D eigenvalue weighted by Gasteiger charge is -2.15. The van der Waals surface area contributed by atoms with Gasteiger partial charge >= 0.3 is 6.36 Å². The first-order chi connectivity index (χ1) is 11.2. The molecule has 2 aromatic rings. The van der Waals surface area contributed by atoms with Crippen molar-refractivity contribution in [2.24, 2.45) is 0 Å². The summed E-state index contributed by atoms with van der Waals surface area (Å²) in [5, 5.41) is 2.56. The van der Waals surface area contributed by atoms with Crippen molar-refractivity contribution in [1.29, 1.82) is 0 Å². The molecule has 0 saturated heterocycles. The Morgan fingerprint density at radius 3 is 2.08 bits per heavy atom. The molecule has 0 aromatic heterocycles. The van der Waals surface area contributed by atoms with Crippen LogP contribution in [0.15, 0.2) is 48.5 Å². The molecule has 0 bridgehead atoms. The van der Waals surface area contributed by atoms with Crippen LogP contribution < -0.4 is 14.8 Å². The second-order valence-electron chi connectivity index (χ2n) is 5.13. The number of carbonyl (C=O) groups is 1. The Morgan fingerprint density at radius 2 is 1.54 bits per heavy atom. The summed E-state index contributed by atoms with van der Waals surface area (Å²) in [5.74, 6) is -0.221. The molecule has 4 nitrogen and oxygen atoms in total. The number of amides is 1.